The number of hydrogen-bond acceptors (Lipinski definition) is 4. The molecule has 0 unspecified atom stereocenters. The first-order valence-electron chi connectivity index (χ1n) is 9.69. The monoisotopic (exact) mass is 397 g/mol. The van der Waals surface area contributed by atoms with Crippen molar-refractivity contribution in [3.8, 4) is 0 Å². The van der Waals surface area contributed by atoms with E-state index in [9.17, 15) is 9.59 Å². The van der Waals surface area contributed by atoms with Gasteiger partial charge in [0.1, 0.15) is 0 Å². The highest BCUT2D eigenvalue weighted by molar-refractivity contribution is 8.00. The second kappa shape index (κ2) is 10.2. The van der Waals surface area contributed by atoms with Gasteiger partial charge in [-0.1, -0.05) is 30.3 Å². The zero-order chi connectivity index (χ0) is 19.8. The fourth-order valence-electron chi connectivity index (χ4n) is 3.22. The lowest BCUT2D eigenvalue weighted by atomic mass is 10.2. The molecule has 1 aliphatic heterocycles. The van der Waals surface area contributed by atoms with Gasteiger partial charge in [-0.05, 0) is 37.1 Å². The van der Waals surface area contributed by atoms with Crippen molar-refractivity contribution in [3.05, 3.63) is 60.2 Å². The fraction of sp³-hybridized carbons (Fsp3) is 0.364. The summed E-state index contributed by atoms with van der Waals surface area (Å²) in [5, 5.41) is 2.99. The third-order valence-corrected chi connectivity index (χ3v) is 5.93. The number of likely N-dealkylation sites (tertiary alicyclic amines) is 1. The Kier molecular flexibility index (Phi) is 7.37. The summed E-state index contributed by atoms with van der Waals surface area (Å²) in [5.41, 5.74) is 1.75. The molecule has 1 heterocycles. The average molecular weight is 398 g/mol. The van der Waals surface area contributed by atoms with Crippen LogP contribution in [0.2, 0.25) is 0 Å². The Morgan fingerprint density at radius 3 is 2.46 bits per heavy atom. The molecule has 1 fully saturated rings. The summed E-state index contributed by atoms with van der Waals surface area (Å²) in [7, 11) is 2.01. The largest absolute Gasteiger partial charge is 0.373 e. The number of nitrogens with one attached hydrogen (secondary N) is 1. The van der Waals surface area contributed by atoms with Gasteiger partial charge in [0.15, 0.2) is 0 Å². The molecule has 148 valence electrons. The number of thioether (sulfide) groups is 1. The predicted octanol–water partition coefficient (Wildman–Crippen LogP) is 3.27. The van der Waals surface area contributed by atoms with Crippen LogP contribution in [0.4, 0.5) is 5.69 Å². The Balaban J connectivity index is 1.51. The molecule has 0 spiro atoms. The number of para-hydroxylation sites is 1. The molecule has 1 N–H and O–H groups in total. The van der Waals surface area contributed by atoms with Gasteiger partial charge in [-0.3, -0.25) is 9.59 Å². The molecule has 2 aromatic carbocycles. The van der Waals surface area contributed by atoms with E-state index in [-0.39, 0.29) is 11.8 Å². The number of rotatable bonds is 8. The number of anilines is 1. The Bertz CT molecular complexity index is 791. The minimum atomic E-state index is -0.0989. The van der Waals surface area contributed by atoms with Crippen LogP contribution in [0.5, 0.6) is 0 Å². The van der Waals surface area contributed by atoms with E-state index >= 15 is 0 Å². The van der Waals surface area contributed by atoms with Crippen molar-refractivity contribution in [2.75, 3.05) is 43.9 Å². The summed E-state index contributed by atoms with van der Waals surface area (Å²) in [6.07, 6.45) is 2.18. The van der Waals surface area contributed by atoms with Gasteiger partial charge in [0.2, 0.25) is 5.91 Å². The smallest absolute Gasteiger partial charge is 0.252 e. The van der Waals surface area contributed by atoms with Crippen LogP contribution in [0.15, 0.2) is 59.5 Å². The van der Waals surface area contributed by atoms with Crippen molar-refractivity contribution in [2.45, 2.75) is 17.7 Å². The Morgan fingerprint density at radius 2 is 1.71 bits per heavy atom. The topological polar surface area (TPSA) is 52.7 Å². The van der Waals surface area contributed by atoms with Gasteiger partial charge >= 0.3 is 0 Å². The van der Waals surface area contributed by atoms with Crippen LogP contribution in [0.25, 0.3) is 0 Å². The first-order valence-corrected chi connectivity index (χ1v) is 10.7. The molecule has 1 saturated heterocycles. The number of carbonyl (C=O) groups excluding carboxylic acids is 2. The second-order valence-corrected chi connectivity index (χ2v) is 7.90. The van der Waals surface area contributed by atoms with Crippen molar-refractivity contribution < 1.29 is 9.59 Å². The number of carbonyl (C=O) groups is 2. The maximum Gasteiger partial charge on any atom is 0.252 e. The van der Waals surface area contributed by atoms with Crippen molar-refractivity contribution in [2.24, 2.45) is 0 Å². The van der Waals surface area contributed by atoms with Crippen molar-refractivity contribution >= 4 is 29.3 Å². The summed E-state index contributed by atoms with van der Waals surface area (Å²) < 4.78 is 0. The lowest BCUT2D eigenvalue weighted by molar-refractivity contribution is -0.127. The SMILES string of the molecule is CN(CCNC(=O)c1ccccc1SCC(=O)N1CCCC1)c1ccccc1. The summed E-state index contributed by atoms with van der Waals surface area (Å²) in [5.74, 6) is 0.432. The van der Waals surface area contributed by atoms with Crippen LogP contribution in [0.1, 0.15) is 23.2 Å². The summed E-state index contributed by atoms with van der Waals surface area (Å²) in [4.78, 5) is 29.8. The van der Waals surface area contributed by atoms with Crippen LogP contribution >= 0.6 is 11.8 Å². The number of likely N-dealkylation sites (N-methyl/N-ethyl adjacent to an activating group) is 1. The molecule has 0 saturated carbocycles. The molecule has 0 aliphatic carbocycles. The molecule has 1 aliphatic rings. The van der Waals surface area contributed by atoms with Gasteiger partial charge in [-0.2, -0.15) is 0 Å². The highest BCUT2D eigenvalue weighted by atomic mass is 32.2. The van der Waals surface area contributed by atoms with E-state index in [2.05, 4.69) is 10.2 Å². The first-order chi connectivity index (χ1) is 13.6. The minimum absolute atomic E-state index is 0.0989. The van der Waals surface area contributed by atoms with Crippen LogP contribution in [0, 0.1) is 0 Å². The van der Waals surface area contributed by atoms with Crippen LogP contribution in [0.3, 0.4) is 0 Å². The van der Waals surface area contributed by atoms with E-state index in [1.54, 1.807) is 0 Å². The Hall–Kier alpha value is -2.47. The number of amides is 2. The summed E-state index contributed by atoms with van der Waals surface area (Å²) in [6, 6.07) is 17.6. The number of benzene rings is 2. The molecule has 3 rings (SSSR count). The van der Waals surface area contributed by atoms with E-state index in [1.807, 2.05) is 66.5 Å². The lowest BCUT2D eigenvalue weighted by Crippen LogP contribution is -2.33. The molecular weight excluding hydrogens is 370 g/mol. The minimum Gasteiger partial charge on any atom is -0.373 e. The van der Waals surface area contributed by atoms with Gasteiger partial charge in [0.25, 0.3) is 5.91 Å². The molecule has 28 heavy (non-hydrogen) atoms. The first kappa shape index (κ1) is 20.3. The average Bonchev–Trinajstić information content (AvgIpc) is 3.27. The zero-order valence-electron chi connectivity index (χ0n) is 16.3. The second-order valence-electron chi connectivity index (χ2n) is 6.89. The predicted molar refractivity (Wildman–Crippen MR) is 115 cm³/mol. The van der Waals surface area contributed by atoms with Gasteiger partial charge in [-0.25, -0.2) is 0 Å². The maximum absolute atomic E-state index is 12.6. The molecule has 0 aromatic heterocycles. The van der Waals surface area contributed by atoms with Crippen LogP contribution in [-0.4, -0.2) is 55.7 Å². The zero-order valence-corrected chi connectivity index (χ0v) is 17.1. The quantitative estimate of drug-likeness (QED) is 0.695. The van der Waals surface area contributed by atoms with Gasteiger partial charge in [-0.15, -0.1) is 11.8 Å². The molecule has 6 heteroatoms. The van der Waals surface area contributed by atoms with E-state index in [0.717, 1.165) is 43.1 Å². The van der Waals surface area contributed by atoms with Crippen LogP contribution < -0.4 is 10.2 Å². The molecule has 0 atom stereocenters. The van der Waals surface area contributed by atoms with Crippen LogP contribution in [-0.2, 0) is 4.79 Å². The third-order valence-electron chi connectivity index (χ3n) is 4.87. The molecule has 2 amide bonds. The Labute approximate surface area is 171 Å². The van der Waals surface area contributed by atoms with Crippen molar-refractivity contribution in [3.63, 3.8) is 0 Å². The molecule has 2 aromatic rings. The lowest BCUT2D eigenvalue weighted by Gasteiger charge is -2.19. The van der Waals surface area contributed by atoms with Gasteiger partial charge in [0.05, 0.1) is 11.3 Å². The number of hydrogen-bond donors (Lipinski definition) is 1. The Morgan fingerprint density at radius 1 is 1.04 bits per heavy atom. The summed E-state index contributed by atoms with van der Waals surface area (Å²) >= 11 is 1.44. The third kappa shape index (κ3) is 5.52. The van der Waals surface area contributed by atoms with E-state index < -0.39 is 0 Å². The van der Waals surface area contributed by atoms with E-state index in [1.165, 1.54) is 11.8 Å². The van der Waals surface area contributed by atoms with E-state index in [4.69, 9.17) is 0 Å². The highest BCUT2D eigenvalue weighted by Crippen LogP contribution is 2.23. The molecule has 0 bridgehead atoms. The van der Waals surface area contributed by atoms with Crippen molar-refractivity contribution in [1.82, 2.24) is 10.2 Å². The van der Waals surface area contributed by atoms with Crippen molar-refractivity contribution in [1.29, 1.82) is 0 Å². The number of nitrogens with zero attached hydrogens (tertiary/aromatic N) is 2. The van der Waals surface area contributed by atoms with Gasteiger partial charge in [0, 0.05) is 43.8 Å². The summed E-state index contributed by atoms with van der Waals surface area (Å²) in [6.45, 7) is 2.99. The van der Waals surface area contributed by atoms with Gasteiger partial charge < -0.3 is 15.1 Å². The standard InChI is InChI=1S/C22H27N3O2S/c1-24(18-9-3-2-4-10-18)16-13-23-22(27)19-11-5-6-12-20(19)28-17-21(26)25-14-7-8-15-25/h2-6,9-12H,7-8,13-17H2,1H3,(H,23,27). The molecule has 0 radical (unpaired) electrons. The molecule has 5 nitrogen and oxygen atoms in total. The fourth-order valence-corrected chi connectivity index (χ4v) is 4.17. The van der Waals surface area contributed by atoms with E-state index in [0.29, 0.717) is 17.9 Å². The maximum atomic E-state index is 12.6. The normalized spacial score (nSPS) is 13.4. The molecular formula is C22H27N3O2S. The highest BCUT2D eigenvalue weighted by Gasteiger charge is 2.19.